The molecule has 0 bridgehead atoms. The van der Waals surface area contributed by atoms with Crippen LogP contribution in [0.25, 0.3) is 0 Å². The lowest BCUT2D eigenvalue weighted by atomic mass is 10.0. The number of hydrogen-bond donors (Lipinski definition) is 1. The summed E-state index contributed by atoms with van der Waals surface area (Å²) < 4.78 is 27.4. The lowest BCUT2D eigenvalue weighted by Gasteiger charge is -2.34. The highest BCUT2D eigenvalue weighted by atomic mass is 32.2. The molecule has 0 aromatic heterocycles. The zero-order chi connectivity index (χ0) is 17.6. The van der Waals surface area contributed by atoms with Crippen molar-refractivity contribution in [2.45, 2.75) is 43.5 Å². The van der Waals surface area contributed by atoms with E-state index < -0.39 is 10.0 Å². The van der Waals surface area contributed by atoms with Crippen LogP contribution in [0.5, 0.6) is 0 Å². The molecule has 1 aliphatic heterocycles. The second-order valence-corrected chi connectivity index (χ2v) is 8.21. The van der Waals surface area contributed by atoms with E-state index in [0.29, 0.717) is 22.3 Å². The third kappa shape index (κ3) is 4.29. The molecule has 1 unspecified atom stereocenters. The molecule has 2 rings (SSSR count). The van der Waals surface area contributed by atoms with Gasteiger partial charge in [0.1, 0.15) is 0 Å². The van der Waals surface area contributed by atoms with Crippen molar-refractivity contribution in [1.82, 2.24) is 9.62 Å². The summed E-state index contributed by atoms with van der Waals surface area (Å²) in [6.07, 6.45) is 7.39. The van der Waals surface area contributed by atoms with Gasteiger partial charge in [0.15, 0.2) is 11.4 Å². The number of piperidine rings is 1. The number of benzene rings is 1. The van der Waals surface area contributed by atoms with Crippen LogP contribution >= 0.6 is 11.8 Å². The van der Waals surface area contributed by atoms with Gasteiger partial charge in [-0.2, -0.15) is 9.57 Å². The summed E-state index contributed by atoms with van der Waals surface area (Å²) in [5.41, 5.74) is 0.603. The summed E-state index contributed by atoms with van der Waals surface area (Å²) in [5, 5.41) is 11.6. The number of nitrogens with one attached hydrogen (secondary N) is 1. The topological polar surface area (TPSA) is 85.6 Å². The molecule has 24 heavy (non-hydrogen) atoms. The lowest BCUT2D eigenvalue weighted by molar-refractivity contribution is 0.246. The molecule has 1 aromatic carbocycles. The smallest absolute Gasteiger partial charge is 0.243 e. The van der Waals surface area contributed by atoms with Gasteiger partial charge in [0.25, 0.3) is 0 Å². The molecule has 1 N–H and O–H groups in total. The molecule has 0 spiro atoms. The largest absolute Gasteiger partial charge is 0.271 e. The van der Waals surface area contributed by atoms with Gasteiger partial charge in [-0.15, -0.1) is 0 Å². The van der Waals surface area contributed by atoms with E-state index in [-0.39, 0.29) is 6.04 Å². The van der Waals surface area contributed by atoms with E-state index in [1.54, 1.807) is 28.6 Å². The van der Waals surface area contributed by atoms with Crippen molar-refractivity contribution in [1.29, 1.82) is 5.26 Å². The van der Waals surface area contributed by atoms with E-state index in [0.717, 1.165) is 25.7 Å². The van der Waals surface area contributed by atoms with Crippen LogP contribution in [0.15, 0.2) is 34.2 Å². The molecule has 8 heteroatoms. The quantitative estimate of drug-likeness (QED) is 0.383. The molecule has 1 fully saturated rings. The molecule has 0 aliphatic carbocycles. The number of hydrogen-bond acceptors (Lipinski definition) is 5. The van der Waals surface area contributed by atoms with Gasteiger partial charge in [-0.3, -0.25) is 5.32 Å². The van der Waals surface area contributed by atoms with Gasteiger partial charge in [0.05, 0.1) is 10.6 Å². The second-order valence-electron chi connectivity index (χ2n) is 5.53. The van der Waals surface area contributed by atoms with Gasteiger partial charge in [-0.05, 0) is 49.8 Å². The van der Waals surface area contributed by atoms with E-state index >= 15 is 0 Å². The highest BCUT2D eigenvalue weighted by Gasteiger charge is 2.32. The fourth-order valence-electron chi connectivity index (χ4n) is 2.82. The number of rotatable bonds is 4. The van der Waals surface area contributed by atoms with E-state index in [1.807, 2.05) is 19.4 Å². The van der Waals surface area contributed by atoms with Crippen LogP contribution < -0.4 is 5.32 Å². The first kappa shape index (κ1) is 18.8. The first-order valence-corrected chi connectivity index (χ1v) is 10.6. The summed E-state index contributed by atoms with van der Waals surface area (Å²) in [6.45, 7) is 2.62. The highest BCUT2D eigenvalue weighted by Crippen LogP contribution is 2.28. The minimum Gasteiger partial charge on any atom is -0.271 e. The standard InChI is InChI=1S/C16H22N4O2S2/c1-3-14-6-4-5-11-20(14)24(21,22)15-9-7-13(8-10-15)19-16(23-2)18-12-17/h7-10,14H,3-6,11H2,1-2H3,(H,18,19). The minimum absolute atomic E-state index is 0.0874. The number of thioether (sulfide) groups is 1. The number of nitriles is 1. The van der Waals surface area contributed by atoms with E-state index in [9.17, 15) is 8.42 Å². The maximum absolute atomic E-state index is 12.9. The van der Waals surface area contributed by atoms with Crippen molar-refractivity contribution in [2.24, 2.45) is 4.99 Å². The first-order chi connectivity index (χ1) is 11.5. The fourth-order valence-corrected chi connectivity index (χ4v) is 4.93. The number of sulfonamides is 1. The van der Waals surface area contributed by atoms with Crippen LogP contribution in [0.1, 0.15) is 32.6 Å². The molecule has 1 saturated heterocycles. The van der Waals surface area contributed by atoms with Crippen molar-refractivity contribution in [2.75, 3.05) is 12.8 Å². The molecule has 0 saturated carbocycles. The minimum atomic E-state index is -3.47. The maximum Gasteiger partial charge on any atom is 0.243 e. The summed E-state index contributed by atoms with van der Waals surface area (Å²) in [7, 11) is -3.47. The van der Waals surface area contributed by atoms with Crippen molar-refractivity contribution < 1.29 is 8.42 Å². The molecule has 1 atom stereocenters. The van der Waals surface area contributed by atoms with Crippen molar-refractivity contribution in [3.63, 3.8) is 0 Å². The Balaban J connectivity index is 2.24. The maximum atomic E-state index is 12.9. The van der Waals surface area contributed by atoms with E-state index in [1.165, 1.54) is 11.8 Å². The molecular formula is C16H22N4O2S2. The Bertz CT molecular complexity index is 723. The van der Waals surface area contributed by atoms with E-state index in [2.05, 4.69) is 10.3 Å². The number of nitrogens with zero attached hydrogens (tertiary/aromatic N) is 3. The Morgan fingerprint density at radius 2 is 2.12 bits per heavy atom. The molecule has 6 nitrogen and oxygen atoms in total. The van der Waals surface area contributed by atoms with E-state index in [4.69, 9.17) is 5.26 Å². The van der Waals surface area contributed by atoms with Crippen LogP contribution in [-0.2, 0) is 10.0 Å². The third-order valence-electron chi connectivity index (χ3n) is 4.07. The van der Waals surface area contributed by atoms with Gasteiger partial charge >= 0.3 is 0 Å². The average molecular weight is 367 g/mol. The fraction of sp³-hybridized carbons (Fsp3) is 0.500. The van der Waals surface area contributed by atoms with Crippen LogP contribution in [0.4, 0.5) is 5.69 Å². The lowest BCUT2D eigenvalue weighted by Crippen LogP contribution is -2.43. The Kier molecular flexibility index (Phi) is 6.66. The third-order valence-corrected chi connectivity index (χ3v) is 6.62. The van der Waals surface area contributed by atoms with Crippen molar-refractivity contribution in [3.05, 3.63) is 24.3 Å². The van der Waals surface area contributed by atoms with Crippen LogP contribution in [0.2, 0.25) is 0 Å². The molecule has 0 radical (unpaired) electrons. The molecule has 0 amide bonds. The Hall–Kier alpha value is -1.56. The molecular weight excluding hydrogens is 344 g/mol. The number of aliphatic imine (C=N–C) groups is 1. The monoisotopic (exact) mass is 366 g/mol. The van der Waals surface area contributed by atoms with Gasteiger partial charge in [-0.25, -0.2) is 13.4 Å². The summed E-state index contributed by atoms with van der Waals surface area (Å²) in [6, 6.07) is 6.57. The van der Waals surface area contributed by atoms with Gasteiger partial charge in [0.2, 0.25) is 10.0 Å². The molecule has 1 aliphatic rings. The predicted octanol–water partition coefficient (Wildman–Crippen LogP) is 3.06. The SMILES string of the molecule is CCC1CCCCN1S(=O)(=O)c1ccc(N=C(NC#N)SC)cc1. The first-order valence-electron chi connectivity index (χ1n) is 7.92. The zero-order valence-corrected chi connectivity index (χ0v) is 15.5. The van der Waals surface area contributed by atoms with Gasteiger partial charge in [-0.1, -0.05) is 25.1 Å². The Morgan fingerprint density at radius 1 is 1.42 bits per heavy atom. The Morgan fingerprint density at radius 3 is 2.71 bits per heavy atom. The highest BCUT2D eigenvalue weighted by molar-refractivity contribution is 8.13. The zero-order valence-electron chi connectivity index (χ0n) is 13.9. The average Bonchev–Trinajstić information content (AvgIpc) is 2.61. The second kappa shape index (κ2) is 8.51. The van der Waals surface area contributed by atoms with Crippen molar-refractivity contribution in [3.8, 4) is 6.19 Å². The normalized spacial score (nSPS) is 19.7. The van der Waals surface area contributed by atoms with Crippen LogP contribution in [0, 0.1) is 11.5 Å². The van der Waals surface area contributed by atoms with Gasteiger partial charge in [0, 0.05) is 12.6 Å². The summed E-state index contributed by atoms with van der Waals surface area (Å²) in [5.74, 6) is 0. The van der Waals surface area contributed by atoms with Crippen LogP contribution in [-0.4, -0.2) is 36.7 Å². The molecule has 1 aromatic rings. The summed E-state index contributed by atoms with van der Waals surface area (Å²) >= 11 is 1.31. The Labute approximate surface area is 148 Å². The molecule has 1 heterocycles. The van der Waals surface area contributed by atoms with Crippen LogP contribution in [0.3, 0.4) is 0 Å². The predicted molar refractivity (Wildman–Crippen MR) is 97.6 cm³/mol. The summed E-state index contributed by atoms with van der Waals surface area (Å²) in [4.78, 5) is 4.56. The van der Waals surface area contributed by atoms with Gasteiger partial charge < -0.3 is 0 Å². The molecule has 130 valence electrons. The van der Waals surface area contributed by atoms with Crippen molar-refractivity contribution >= 4 is 32.6 Å². The number of amidine groups is 1.